The van der Waals surface area contributed by atoms with E-state index in [1.807, 2.05) is 6.92 Å². The van der Waals surface area contributed by atoms with E-state index >= 15 is 0 Å². The first-order valence-electron chi connectivity index (χ1n) is 8.17. The third-order valence-corrected chi connectivity index (χ3v) is 8.18. The zero-order valence-corrected chi connectivity index (χ0v) is 15.3. The topological polar surface area (TPSA) is 98.6 Å². The van der Waals surface area contributed by atoms with E-state index in [0.29, 0.717) is 32.6 Å². The van der Waals surface area contributed by atoms with E-state index in [4.69, 9.17) is 4.74 Å². The van der Waals surface area contributed by atoms with E-state index in [9.17, 15) is 16.8 Å². The molecule has 0 aliphatic carbocycles. The molecule has 2 aliphatic heterocycles. The van der Waals surface area contributed by atoms with Crippen LogP contribution in [0.15, 0.2) is 17.3 Å². The smallest absolute Gasteiger partial charge is 0.246 e. The van der Waals surface area contributed by atoms with Crippen LogP contribution in [0.2, 0.25) is 0 Å². The number of nitrogens with zero attached hydrogens (tertiary/aromatic N) is 3. The van der Waals surface area contributed by atoms with Crippen LogP contribution in [-0.2, 0) is 24.6 Å². The summed E-state index contributed by atoms with van der Waals surface area (Å²) in [5.74, 6) is -0.0527. The van der Waals surface area contributed by atoms with Crippen LogP contribution in [0.3, 0.4) is 0 Å². The number of ether oxygens (including phenoxy) is 1. The molecule has 2 atom stereocenters. The first-order valence-corrected chi connectivity index (χ1v) is 11.4. The zero-order valence-electron chi connectivity index (χ0n) is 13.7. The van der Waals surface area contributed by atoms with Gasteiger partial charge in [-0.25, -0.2) is 16.8 Å². The van der Waals surface area contributed by atoms with Gasteiger partial charge >= 0.3 is 0 Å². The van der Waals surface area contributed by atoms with E-state index in [2.05, 4.69) is 5.10 Å². The van der Waals surface area contributed by atoms with E-state index in [-0.39, 0.29) is 22.4 Å². The SMILES string of the molecule is CCCN(C1CCS(=O)(=O)C1)S(=O)(=O)c1cnn(C2CCOC2)c1. The summed E-state index contributed by atoms with van der Waals surface area (Å²) in [6.07, 6.45) is 4.66. The molecule has 0 saturated carbocycles. The van der Waals surface area contributed by atoms with Crippen molar-refractivity contribution in [2.24, 2.45) is 0 Å². The molecule has 1 aromatic rings. The number of hydrogen-bond acceptors (Lipinski definition) is 6. The van der Waals surface area contributed by atoms with Gasteiger partial charge in [0.2, 0.25) is 10.0 Å². The van der Waals surface area contributed by atoms with Gasteiger partial charge < -0.3 is 4.74 Å². The lowest BCUT2D eigenvalue weighted by atomic mass is 10.2. The highest BCUT2D eigenvalue weighted by molar-refractivity contribution is 7.92. The molecule has 0 radical (unpaired) electrons. The van der Waals surface area contributed by atoms with Crippen LogP contribution >= 0.6 is 0 Å². The first kappa shape index (κ1) is 17.8. The Morgan fingerprint density at radius 2 is 2.21 bits per heavy atom. The molecule has 2 aliphatic rings. The van der Waals surface area contributed by atoms with Gasteiger partial charge in [0, 0.05) is 25.4 Å². The molecular weight excluding hydrogens is 354 g/mol. The summed E-state index contributed by atoms with van der Waals surface area (Å²) in [5, 5.41) is 4.17. The van der Waals surface area contributed by atoms with Crippen LogP contribution in [0, 0.1) is 0 Å². The zero-order chi connectivity index (χ0) is 17.4. The Labute approximate surface area is 142 Å². The number of hydrogen-bond donors (Lipinski definition) is 0. The van der Waals surface area contributed by atoms with Crippen molar-refractivity contribution in [2.75, 3.05) is 31.3 Å². The van der Waals surface area contributed by atoms with Crippen LogP contribution in [0.5, 0.6) is 0 Å². The van der Waals surface area contributed by atoms with Gasteiger partial charge in [-0.05, 0) is 19.3 Å². The molecule has 3 heterocycles. The second kappa shape index (κ2) is 6.74. The van der Waals surface area contributed by atoms with Crippen LogP contribution in [-0.4, -0.2) is 68.2 Å². The van der Waals surface area contributed by atoms with Crippen molar-refractivity contribution in [3.8, 4) is 0 Å². The Hall–Kier alpha value is -0.970. The summed E-state index contributed by atoms with van der Waals surface area (Å²) in [6, 6.07) is -0.432. The van der Waals surface area contributed by atoms with E-state index in [1.54, 1.807) is 4.68 Å². The molecule has 3 rings (SSSR count). The summed E-state index contributed by atoms with van der Waals surface area (Å²) in [6.45, 7) is 3.36. The average molecular weight is 377 g/mol. The molecule has 2 fully saturated rings. The Morgan fingerprint density at radius 1 is 1.42 bits per heavy atom. The number of aromatic nitrogens is 2. The van der Waals surface area contributed by atoms with Gasteiger partial charge in [-0.15, -0.1) is 0 Å². The van der Waals surface area contributed by atoms with Gasteiger partial charge in [0.25, 0.3) is 0 Å². The summed E-state index contributed by atoms with van der Waals surface area (Å²) in [4.78, 5) is 0.118. The van der Waals surface area contributed by atoms with E-state index in [1.165, 1.54) is 16.7 Å². The van der Waals surface area contributed by atoms with Crippen molar-refractivity contribution in [3.63, 3.8) is 0 Å². The third-order valence-electron chi connectivity index (χ3n) is 4.52. The van der Waals surface area contributed by atoms with Crippen molar-refractivity contribution in [1.82, 2.24) is 14.1 Å². The molecule has 0 aromatic carbocycles. The normalized spacial score (nSPS) is 27.1. The van der Waals surface area contributed by atoms with Crippen molar-refractivity contribution in [2.45, 2.75) is 43.2 Å². The number of rotatable bonds is 6. The Bertz CT molecular complexity index is 781. The third kappa shape index (κ3) is 3.51. The van der Waals surface area contributed by atoms with Gasteiger partial charge in [0.15, 0.2) is 9.84 Å². The minimum Gasteiger partial charge on any atom is -0.379 e. The minimum absolute atomic E-state index is 0.0477. The summed E-state index contributed by atoms with van der Waals surface area (Å²) < 4.78 is 57.7. The van der Waals surface area contributed by atoms with Crippen LogP contribution in [0.4, 0.5) is 0 Å². The lowest BCUT2D eigenvalue weighted by Crippen LogP contribution is -2.41. The van der Waals surface area contributed by atoms with Gasteiger partial charge in [-0.1, -0.05) is 6.92 Å². The molecule has 2 saturated heterocycles. The molecule has 136 valence electrons. The second-order valence-corrected chi connectivity index (χ2v) is 10.5. The molecular formula is C14H23N3O5S2. The highest BCUT2D eigenvalue weighted by atomic mass is 32.2. The fourth-order valence-electron chi connectivity index (χ4n) is 3.24. The Balaban J connectivity index is 1.86. The second-order valence-electron chi connectivity index (χ2n) is 6.35. The fraction of sp³-hybridized carbons (Fsp3) is 0.786. The lowest BCUT2D eigenvalue weighted by molar-refractivity contribution is 0.184. The Morgan fingerprint density at radius 3 is 2.79 bits per heavy atom. The van der Waals surface area contributed by atoms with Gasteiger partial charge in [-0.3, -0.25) is 4.68 Å². The monoisotopic (exact) mass is 377 g/mol. The minimum atomic E-state index is -3.76. The maximum atomic E-state index is 13.0. The fourth-order valence-corrected chi connectivity index (χ4v) is 6.75. The highest BCUT2D eigenvalue weighted by Gasteiger charge is 2.39. The molecule has 0 N–H and O–H groups in total. The predicted octanol–water partition coefficient (Wildman–Crippen LogP) is 0.432. The summed E-state index contributed by atoms with van der Waals surface area (Å²) in [5.41, 5.74) is 0. The predicted molar refractivity (Wildman–Crippen MR) is 87.9 cm³/mol. The van der Waals surface area contributed by atoms with E-state index < -0.39 is 25.9 Å². The summed E-state index contributed by atoms with van der Waals surface area (Å²) >= 11 is 0. The van der Waals surface area contributed by atoms with Crippen LogP contribution in [0.1, 0.15) is 32.2 Å². The van der Waals surface area contributed by atoms with Gasteiger partial charge in [0.1, 0.15) is 4.90 Å². The molecule has 10 heteroatoms. The van der Waals surface area contributed by atoms with Crippen LogP contribution < -0.4 is 0 Å². The molecule has 1 aromatic heterocycles. The molecule has 0 bridgehead atoms. The number of sulfone groups is 1. The van der Waals surface area contributed by atoms with Crippen LogP contribution in [0.25, 0.3) is 0 Å². The van der Waals surface area contributed by atoms with Gasteiger partial charge in [-0.2, -0.15) is 9.40 Å². The lowest BCUT2D eigenvalue weighted by Gasteiger charge is -2.26. The largest absolute Gasteiger partial charge is 0.379 e. The average Bonchev–Trinajstić information content (AvgIpc) is 3.24. The van der Waals surface area contributed by atoms with E-state index in [0.717, 1.165) is 6.42 Å². The maximum absolute atomic E-state index is 13.0. The molecule has 8 nitrogen and oxygen atoms in total. The summed E-state index contributed by atoms with van der Waals surface area (Å²) in [7, 11) is -6.91. The highest BCUT2D eigenvalue weighted by Crippen LogP contribution is 2.26. The Kier molecular flexibility index (Phi) is 5.01. The molecule has 24 heavy (non-hydrogen) atoms. The standard InChI is InChI=1S/C14H23N3O5S2/c1-2-5-17(13-4-7-23(18,19)11-13)24(20,21)14-8-15-16(9-14)12-3-6-22-10-12/h8-9,12-13H,2-7,10-11H2,1H3. The van der Waals surface area contributed by atoms with Crippen molar-refractivity contribution >= 4 is 19.9 Å². The maximum Gasteiger partial charge on any atom is 0.246 e. The molecule has 0 amide bonds. The van der Waals surface area contributed by atoms with Crippen molar-refractivity contribution < 1.29 is 21.6 Å². The van der Waals surface area contributed by atoms with Gasteiger partial charge in [0.05, 0.1) is 30.4 Å². The van der Waals surface area contributed by atoms with Crippen molar-refractivity contribution in [1.29, 1.82) is 0 Å². The quantitative estimate of drug-likeness (QED) is 0.713. The van der Waals surface area contributed by atoms with Crippen molar-refractivity contribution in [3.05, 3.63) is 12.4 Å². The molecule has 2 unspecified atom stereocenters. The first-order chi connectivity index (χ1) is 11.3. The number of sulfonamides is 1. The molecule has 0 spiro atoms.